The average molecular weight is 336 g/mol. The van der Waals surface area contributed by atoms with Crippen LogP contribution in [0.5, 0.6) is 11.5 Å². The number of nitrogens with one attached hydrogen (secondary N) is 2. The van der Waals surface area contributed by atoms with Crippen molar-refractivity contribution in [1.29, 1.82) is 0 Å². The lowest BCUT2D eigenvalue weighted by atomic mass is 10.3. The maximum absolute atomic E-state index is 5.70. The molecule has 0 radical (unpaired) electrons. The van der Waals surface area contributed by atoms with Gasteiger partial charge in [0.2, 0.25) is 0 Å². The minimum Gasteiger partial charge on any atom is -0.497 e. The zero-order chi connectivity index (χ0) is 17.6. The quantitative estimate of drug-likeness (QED) is 0.368. The molecular weight excluding hydrogens is 304 g/mol. The topological polar surface area (TPSA) is 58.1 Å². The predicted molar refractivity (Wildman–Crippen MR) is 100 cm³/mol. The van der Waals surface area contributed by atoms with Crippen LogP contribution in [0.3, 0.4) is 0 Å². The van der Waals surface area contributed by atoms with Crippen molar-refractivity contribution in [3.63, 3.8) is 0 Å². The summed E-state index contributed by atoms with van der Waals surface area (Å²) in [4.78, 5) is 6.96. The first-order chi connectivity index (χ1) is 11.7. The average Bonchev–Trinajstić information content (AvgIpc) is 2.62. The Morgan fingerprint density at radius 2 is 1.71 bits per heavy atom. The lowest BCUT2D eigenvalue weighted by molar-refractivity contribution is 0.312. The molecule has 0 fully saturated rings. The molecule has 1 aromatic carbocycles. The normalized spacial score (nSPS) is 11.5. The van der Waals surface area contributed by atoms with Crippen molar-refractivity contribution in [3.05, 3.63) is 24.3 Å². The van der Waals surface area contributed by atoms with Gasteiger partial charge in [-0.15, -0.1) is 0 Å². The Morgan fingerprint density at radius 1 is 1.04 bits per heavy atom. The number of nitrogens with zero attached hydrogens (tertiary/aromatic N) is 2. The number of aliphatic imine (C=N–C) groups is 1. The first-order valence-electron chi connectivity index (χ1n) is 8.74. The van der Waals surface area contributed by atoms with Gasteiger partial charge in [-0.1, -0.05) is 13.8 Å². The van der Waals surface area contributed by atoms with Crippen LogP contribution >= 0.6 is 0 Å². The van der Waals surface area contributed by atoms with Gasteiger partial charge in [0.15, 0.2) is 5.96 Å². The zero-order valence-electron chi connectivity index (χ0n) is 15.5. The van der Waals surface area contributed by atoms with Crippen molar-refractivity contribution in [2.45, 2.75) is 20.8 Å². The Kier molecular flexibility index (Phi) is 10.4. The summed E-state index contributed by atoms with van der Waals surface area (Å²) in [7, 11) is 1.65. The van der Waals surface area contributed by atoms with Crippen molar-refractivity contribution in [3.8, 4) is 11.5 Å². The molecule has 0 aromatic heterocycles. The summed E-state index contributed by atoms with van der Waals surface area (Å²) >= 11 is 0. The fraction of sp³-hybridized carbons (Fsp3) is 0.611. The summed E-state index contributed by atoms with van der Waals surface area (Å²) < 4.78 is 10.8. The number of ether oxygens (including phenoxy) is 2. The van der Waals surface area contributed by atoms with Gasteiger partial charge >= 0.3 is 0 Å². The van der Waals surface area contributed by atoms with Crippen molar-refractivity contribution in [1.82, 2.24) is 15.5 Å². The summed E-state index contributed by atoms with van der Waals surface area (Å²) in [5.41, 5.74) is 0. The second-order valence-electron chi connectivity index (χ2n) is 5.24. The summed E-state index contributed by atoms with van der Waals surface area (Å²) in [5, 5.41) is 6.55. The van der Waals surface area contributed by atoms with Gasteiger partial charge in [-0.2, -0.15) is 0 Å². The van der Waals surface area contributed by atoms with Crippen LogP contribution in [0.15, 0.2) is 29.3 Å². The van der Waals surface area contributed by atoms with Crippen molar-refractivity contribution in [2.75, 3.05) is 53.0 Å². The molecular formula is C18H32N4O2. The molecule has 6 heteroatoms. The molecule has 24 heavy (non-hydrogen) atoms. The van der Waals surface area contributed by atoms with Crippen molar-refractivity contribution < 1.29 is 9.47 Å². The Labute approximate surface area is 146 Å². The summed E-state index contributed by atoms with van der Waals surface area (Å²) in [6, 6.07) is 7.59. The van der Waals surface area contributed by atoms with E-state index in [4.69, 9.17) is 9.47 Å². The molecule has 1 aromatic rings. The summed E-state index contributed by atoms with van der Waals surface area (Å²) in [5.74, 6) is 2.50. The lowest BCUT2D eigenvalue weighted by Crippen LogP contribution is -2.40. The fourth-order valence-electron chi connectivity index (χ4n) is 2.20. The van der Waals surface area contributed by atoms with E-state index in [-0.39, 0.29) is 0 Å². The Bertz CT molecular complexity index is 459. The Morgan fingerprint density at radius 3 is 2.29 bits per heavy atom. The SMILES string of the molecule is CCNC(=NCCN(CC)CC)NCCOc1ccc(OC)cc1. The molecule has 0 saturated carbocycles. The third-order valence-corrected chi connectivity index (χ3v) is 3.65. The van der Waals surface area contributed by atoms with E-state index in [1.54, 1.807) is 7.11 Å². The van der Waals surface area contributed by atoms with Crippen LogP contribution in [-0.2, 0) is 0 Å². The lowest BCUT2D eigenvalue weighted by Gasteiger charge is -2.17. The van der Waals surface area contributed by atoms with E-state index in [1.807, 2.05) is 24.3 Å². The molecule has 0 heterocycles. The molecule has 0 unspecified atom stereocenters. The van der Waals surface area contributed by atoms with Gasteiger partial charge in [-0.3, -0.25) is 4.99 Å². The highest BCUT2D eigenvalue weighted by Crippen LogP contribution is 2.16. The monoisotopic (exact) mass is 336 g/mol. The van der Waals surface area contributed by atoms with Crippen molar-refractivity contribution in [2.24, 2.45) is 4.99 Å². The smallest absolute Gasteiger partial charge is 0.191 e. The third-order valence-electron chi connectivity index (χ3n) is 3.65. The number of hydrogen-bond acceptors (Lipinski definition) is 4. The zero-order valence-corrected chi connectivity index (χ0v) is 15.5. The van der Waals surface area contributed by atoms with Crippen LogP contribution in [0, 0.1) is 0 Å². The molecule has 0 aliphatic heterocycles. The van der Waals surface area contributed by atoms with Gasteiger partial charge in [-0.05, 0) is 44.3 Å². The van der Waals surface area contributed by atoms with Crippen LogP contribution < -0.4 is 20.1 Å². The van der Waals surface area contributed by atoms with Crippen LogP contribution in [-0.4, -0.2) is 63.8 Å². The molecule has 0 amide bonds. The maximum atomic E-state index is 5.70. The molecule has 136 valence electrons. The van der Waals surface area contributed by atoms with Gasteiger partial charge in [0.25, 0.3) is 0 Å². The van der Waals surface area contributed by atoms with E-state index in [1.165, 1.54) is 0 Å². The number of likely N-dealkylation sites (N-methyl/N-ethyl adjacent to an activating group) is 1. The first-order valence-corrected chi connectivity index (χ1v) is 8.74. The summed E-state index contributed by atoms with van der Waals surface area (Å²) in [6.07, 6.45) is 0. The molecule has 0 bridgehead atoms. The van der Waals surface area contributed by atoms with Crippen LogP contribution in [0.4, 0.5) is 0 Å². The third kappa shape index (κ3) is 8.06. The van der Waals surface area contributed by atoms with E-state index in [2.05, 4.69) is 41.3 Å². The fourth-order valence-corrected chi connectivity index (χ4v) is 2.20. The van der Waals surface area contributed by atoms with Crippen LogP contribution in [0.2, 0.25) is 0 Å². The molecule has 0 aliphatic rings. The minimum atomic E-state index is 0.576. The standard InChI is InChI=1S/C18H32N4O2/c1-5-19-18(20-12-14-22(6-2)7-3)21-13-15-24-17-10-8-16(23-4)9-11-17/h8-11H,5-7,12-15H2,1-4H3,(H2,19,20,21). The second-order valence-corrected chi connectivity index (χ2v) is 5.24. The van der Waals surface area contributed by atoms with Crippen molar-refractivity contribution >= 4 is 5.96 Å². The Balaban J connectivity index is 2.31. The number of hydrogen-bond donors (Lipinski definition) is 2. The first kappa shape index (κ1) is 20.1. The minimum absolute atomic E-state index is 0.576. The van der Waals surface area contributed by atoms with E-state index in [0.717, 1.165) is 50.2 Å². The summed E-state index contributed by atoms with van der Waals surface area (Å²) in [6.45, 7) is 12.4. The highest BCUT2D eigenvalue weighted by molar-refractivity contribution is 5.79. The highest BCUT2D eigenvalue weighted by atomic mass is 16.5. The second kappa shape index (κ2) is 12.5. The number of benzene rings is 1. The number of guanidine groups is 1. The molecule has 0 saturated heterocycles. The largest absolute Gasteiger partial charge is 0.497 e. The van der Waals surface area contributed by atoms with Gasteiger partial charge in [0.1, 0.15) is 18.1 Å². The van der Waals surface area contributed by atoms with E-state index in [0.29, 0.717) is 13.2 Å². The molecule has 0 aliphatic carbocycles. The van der Waals surface area contributed by atoms with Gasteiger partial charge in [-0.25, -0.2) is 0 Å². The highest BCUT2D eigenvalue weighted by Gasteiger charge is 2.00. The van der Waals surface area contributed by atoms with E-state index < -0.39 is 0 Å². The molecule has 1 rings (SSSR count). The van der Waals surface area contributed by atoms with Crippen LogP contribution in [0.1, 0.15) is 20.8 Å². The van der Waals surface area contributed by atoms with E-state index >= 15 is 0 Å². The molecule has 6 nitrogen and oxygen atoms in total. The Hall–Kier alpha value is -1.95. The maximum Gasteiger partial charge on any atom is 0.191 e. The number of methoxy groups -OCH3 is 1. The molecule has 2 N–H and O–H groups in total. The predicted octanol–water partition coefficient (Wildman–Crippen LogP) is 1.97. The number of rotatable bonds is 11. The van der Waals surface area contributed by atoms with E-state index in [9.17, 15) is 0 Å². The van der Waals surface area contributed by atoms with Gasteiger partial charge in [0.05, 0.1) is 20.2 Å². The van der Waals surface area contributed by atoms with Gasteiger partial charge in [0, 0.05) is 13.1 Å². The van der Waals surface area contributed by atoms with Crippen LogP contribution in [0.25, 0.3) is 0 Å². The molecule has 0 atom stereocenters. The molecule has 0 spiro atoms. The van der Waals surface area contributed by atoms with Gasteiger partial charge < -0.3 is 25.0 Å².